The lowest BCUT2D eigenvalue weighted by Gasteiger charge is -2.26. The van der Waals surface area contributed by atoms with Crippen molar-refractivity contribution in [2.75, 3.05) is 13.1 Å². The molecule has 100 valence electrons. The minimum absolute atomic E-state index is 0.122. The molecule has 19 heavy (non-hydrogen) atoms. The van der Waals surface area contributed by atoms with E-state index in [1.165, 1.54) is 11.3 Å². The first-order chi connectivity index (χ1) is 9.24. The Balaban J connectivity index is 1.65. The summed E-state index contributed by atoms with van der Waals surface area (Å²) in [7, 11) is 0. The second kappa shape index (κ2) is 5.06. The van der Waals surface area contributed by atoms with Crippen molar-refractivity contribution in [3.05, 3.63) is 28.5 Å². The highest BCUT2D eigenvalue weighted by molar-refractivity contribution is 7.09. The Morgan fingerprint density at radius 2 is 2.47 bits per heavy atom. The fourth-order valence-corrected chi connectivity index (χ4v) is 2.45. The molecule has 1 aliphatic heterocycles. The summed E-state index contributed by atoms with van der Waals surface area (Å²) in [6.45, 7) is 3.65. The van der Waals surface area contributed by atoms with Crippen molar-refractivity contribution >= 4 is 17.2 Å². The Bertz CT molecular complexity index is 562. The molecule has 0 spiro atoms. The Labute approximate surface area is 114 Å². The van der Waals surface area contributed by atoms with Crippen molar-refractivity contribution in [2.45, 2.75) is 19.0 Å². The third-order valence-electron chi connectivity index (χ3n) is 3.05. The Kier molecular flexibility index (Phi) is 3.26. The van der Waals surface area contributed by atoms with Crippen molar-refractivity contribution < 1.29 is 4.79 Å². The molecular weight excluding hydrogens is 264 g/mol. The van der Waals surface area contributed by atoms with E-state index < -0.39 is 0 Å². The Morgan fingerprint density at radius 3 is 3.11 bits per heavy atom. The molecule has 1 unspecified atom stereocenters. The van der Waals surface area contributed by atoms with Crippen LogP contribution in [0.3, 0.4) is 0 Å². The highest BCUT2D eigenvalue weighted by Gasteiger charge is 2.22. The maximum absolute atomic E-state index is 12.0. The molecule has 0 aromatic carbocycles. The third kappa shape index (κ3) is 2.49. The fraction of sp³-hybridized carbons (Fsp3) is 0.455. The van der Waals surface area contributed by atoms with Crippen LogP contribution in [0.25, 0.3) is 0 Å². The molecule has 3 heterocycles. The summed E-state index contributed by atoms with van der Waals surface area (Å²) < 4.78 is 1.74. The van der Waals surface area contributed by atoms with E-state index in [-0.39, 0.29) is 11.9 Å². The van der Waals surface area contributed by atoms with Gasteiger partial charge in [0, 0.05) is 24.7 Å². The summed E-state index contributed by atoms with van der Waals surface area (Å²) in [5.41, 5.74) is 0.343. The molecule has 1 saturated heterocycles. The Hall–Kier alpha value is -1.80. The first kappa shape index (κ1) is 12.2. The molecule has 0 aliphatic carbocycles. The van der Waals surface area contributed by atoms with Gasteiger partial charge in [-0.3, -0.25) is 4.79 Å². The van der Waals surface area contributed by atoms with Gasteiger partial charge in [-0.25, -0.2) is 9.67 Å². The van der Waals surface area contributed by atoms with Crippen LogP contribution in [0, 0.1) is 0 Å². The molecule has 1 fully saturated rings. The van der Waals surface area contributed by atoms with Gasteiger partial charge in [-0.1, -0.05) is 5.21 Å². The molecule has 1 aliphatic rings. The molecule has 2 N–H and O–H groups in total. The molecule has 2 aromatic heterocycles. The molecule has 1 amide bonds. The summed E-state index contributed by atoms with van der Waals surface area (Å²) in [6, 6.07) is 0.188. The minimum Gasteiger partial charge on any atom is -0.342 e. The summed E-state index contributed by atoms with van der Waals surface area (Å²) in [4.78, 5) is 16.2. The first-order valence-electron chi connectivity index (χ1n) is 6.07. The van der Waals surface area contributed by atoms with Crippen LogP contribution >= 0.6 is 11.3 Å². The second-order valence-electron chi connectivity index (χ2n) is 4.46. The number of hydrogen-bond donors (Lipinski definition) is 2. The quantitative estimate of drug-likeness (QED) is 0.844. The van der Waals surface area contributed by atoms with Gasteiger partial charge in [-0.2, -0.15) is 0 Å². The fourth-order valence-electron chi connectivity index (χ4n) is 1.80. The molecular formula is C11H14N6OS. The number of aromatic nitrogens is 4. The molecule has 8 heteroatoms. The normalized spacial score (nSPS) is 16.9. The van der Waals surface area contributed by atoms with Crippen molar-refractivity contribution in [1.82, 2.24) is 30.6 Å². The number of thiazole rings is 1. The lowest BCUT2D eigenvalue weighted by molar-refractivity contribution is 0.0934. The Morgan fingerprint density at radius 1 is 1.63 bits per heavy atom. The van der Waals surface area contributed by atoms with Crippen LogP contribution in [-0.4, -0.2) is 39.0 Å². The maximum atomic E-state index is 12.0. The number of carbonyl (C=O) groups is 1. The van der Waals surface area contributed by atoms with E-state index in [9.17, 15) is 4.79 Å². The molecule has 3 rings (SSSR count). The zero-order valence-electron chi connectivity index (χ0n) is 10.4. The van der Waals surface area contributed by atoms with Crippen molar-refractivity contribution in [3.63, 3.8) is 0 Å². The number of nitrogens with one attached hydrogen (secondary N) is 2. The summed E-state index contributed by atoms with van der Waals surface area (Å²) in [5, 5.41) is 16.7. The topological polar surface area (TPSA) is 84.7 Å². The van der Waals surface area contributed by atoms with Crippen LogP contribution in [-0.2, 0) is 0 Å². The van der Waals surface area contributed by atoms with Gasteiger partial charge in [0.1, 0.15) is 5.01 Å². The van der Waals surface area contributed by atoms with Gasteiger partial charge in [0.15, 0.2) is 5.69 Å². The lowest BCUT2D eigenvalue weighted by atomic mass is 10.2. The number of amides is 1. The second-order valence-corrected chi connectivity index (χ2v) is 5.39. The van der Waals surface area contributed by atoms with Crippen LogP contribution in [0.15, 0.2) is 17.8 Å². The van der Waals surface area contributed by atoms with Crippen LogP contribution in [0.5, 0.6) is 0 Å². The smallest absolute Gasteiger partial charge is 0.274 e. The van der Waals surface area contributed by atoms with Gasteiger partial charge in [0.2, 0.25) is 0 Å². The SMILES string of the molecule is CC(NC(=O)c1cn(C2CNC2)nn1)c1nccs1. The zero-order valence-corrected chi connectivity index (χ0v) is 11.2. The number of nitrogens with zero attached hydrogens (tertiary/aromatic N) is 4. The monoisotopic (exact) mass is 278 g/mol. The molecule has 0 saturated carbocycles. The van der Waals surface area contributed by atoms with E-state index in [0.29, 0.717) is 11.7 Å². The summed E-state index contributed by atoms with van der Waals surface area (Å²) in [6.07, 6.45) is 3.41. The van der Waals surface area contributed by atoms with Crippen LogP contribution in [0.4, 0.5) is 0 Å². The standard InChI is InChI=1S/C11H14N6OS/c1-7(11-13-2-3-19-11)14-10(18)9-6-17(16-15-9)8-4-12-5-8/h2-3,6-8,12H,4-5H2,1H3,(H,14,18). The summed E-state index contributed by atoms with van der Waals surface area (Å²) in [5.74, 6) is -0.221. The predicted molar refractivity (Wildman–Crippen MR) is 69.9 cm³/mol. The van der Waals surface area contributed by atoms with E-state index in [1.54, 1.807) is 17.1 Å². The van der Waals surface area contributed by atoms with E-state index in [0.717, 1.165) is 18.1 Å². The van der Waals surface area contributed by atoms with Crippen molar-refractivity contribution in [1.29, 1.82) is 0 Å². The molecule has 2 aromatic rings. The van der Waals surface area contributed by atoms with Crippen molar-refractivity contribution in [3.8, 4) is 0 Å². The lowest BCUT2D eigenvalue weighted by Crippen LogP contribution is -2.43. The average Bonchev–Trinajstić information content (AvgIpc) is 2.97. The van der Waals surface area contributed by atoms with E-state index >= 15 is 0 Å². The van der Waals surface area contributed by atoms with Crippen molar-refractivity contribution in [2.24, 2.45) is 0 Å². The van der Waals surface area contributed by atoms with Crippen LogP contribution < -0.4 is 10.6 Å². The first-order valence-corrected chi connectivity index (χ1v) is 6.95. The molecule has 1 atom stereocenters. The van der Waals surface area contributed by atoms with E-state index in [2.05, 4.69) is 25.9 Å². The van der Waals surface area contributed by atoms with E-state index in [1.807, 2.05) is 12.3 Å². The molecule has 0 bridgehead atoms. The summed E-state index contributed by atoms with van der Waals surface area (Å²) >= 11 is 1.52. The van der Waals surface area contributed by atoms with Gasteiger partial charge in [0.05, 0.1) is 18.3 Å². The maximum Gasteiger partial charge on any atom is 0.274 e. The van der Waals surface area contributed by atoms with Gasteiger partial charge < -0.3 is 10.6 Å². The molecule has 0 radical (unpaired) electrons. The van der Waals surface area contributed by atoms with E-state index in [4.69, 9.17) is 0 Å². The van der Waals surface area contributed by atoms with Gasteiger partial charge in [-0.15, -0.1) is 16.4 Å². The number of rotatable bonds is 4. The zero-order chi connectivity index (χ0) is 13.2. The van der Waals surface area contributed by atoms with Gasteiger partial charge in [0.25, 0.3) is 5.91 Å². The number of hydrogen-bond acceptors (Lipinski definition) is 6. The molecule has 7 nitrogen and oxygen atoms in total. The number of carbonyl (C=O) groups excluding carboxylic acids is 1. The van der Waals surface area contributed by atoms with Gasteiger partial charge in [-0.05, 0) is 6.92 Å². The highest BCUT2D eigenvalue weighted by Crippen LogP contribution is 2.15. The van der Waals surface area contributed by atoms with Gasteiger partial charge >= 0.3 is 0 Å². The van der Waals surface area contributed by atoms with Crippen LogP contribution in [0.2, 0.25) is 0 Å². The minimum atomic E-state index is -0.221. The average molecular weight is 278 g/mol. The third-order valence-corrected chi connectivity index (χ3v) is 4.00. The highest BCUT2D eigenvalue weighted by atomic mass is 32.1. The predicted octanol–water partition coefficient (Wildman–Crippen LogP) is 0.370. The largest absolute Gasteiger partial charge is 0.342 e. The van der Waals surface area contributed by atoms with Crippen LogP contribution in [0.1, 0.15) is 34.5 Å².